The van der Waals surface area contributed by atoms with Crippen LogP contribution in [0.2, 0.25) is 0 Å². The van der Waals surface area contributed by atoms with Crippen LogP contribution in [0.5, 0.6) is 0 Å². The van der Waals surface area contributed by atoms with E-state index in [0.29, 0.717) is 22.5 Å². The monoisotopic (exact) mass is 419 g/mol. The molecule has 1 aromatic carbocycles. The molecule has 1 aromatic rings. The van der Waals surface area contributed by atoms with Gasteiger partial charge < -0.3 is 21.0 Å². The molecule has 0 unspecified atom stereocenters. The second kappa shape index (κ2) is 10.2. The number of likely N-dealkylation sites (N-methyl/N-ethyl adjacent to an activating group) is 1. The molecule has 1 saturated heterocycles. The maximum Gasteiger partial charge on any atom is 0.416 e. The molecule has 1 fully saturated rings. The lowest BCUT2D eigenvalue weighted by molar-refractivity contribution is -0.137. The molecule has 5 N–H and O–H groups in total. The van der Waals surface area contributed by atoms with Gasteiger partial charge >= 0.3 is 6.18 Å². The third-order valence-electron chi connectivity index (χ3n) is 4.91. The van der Waals surface area contributed by atoms with Crippen molar-refractivity contribution in [3.05, 3.63) is 89.8 Å². The average molecular weight is 419 g/mol. The molecule has 2 rings (SSSR count). The van der Waals surface area contributed by atoms with Gasteiger partial charge in [-0.05, 0) is 37.0 Å². The maximum absolute atomic E-state index is 13.3. The molecule has 0 saturated carbocycles. The third-order valence-corrected chi connectivity index (χ3v) is 4.91. The zero-order chi connectivity index (χ0) is 22.3. The predicted octanol–water partition coefficient (Wildman–Crippen LogP) is 3.23. The Hall–Kier alpha value is -2.97. The quantitative estimate of drug-likeness (QED) is 0.360. The molecule has 0 radical (unpaired) electrons. The van der Waals surface area contributed by atoms with Crippen LogP contribution in [0.1, 0.15) is 11.1 Å². The van der Waals surface area contributed by atoms with Crippen LogP contribution in [0.3, 0.4) is 0 Å². The van der Waals surface area contributed by atoms with Gasteiger partial charge in [-0.25, -0.2) is 0 Å². The largest absolute Gasteiger partial charge is 0.416 e. The topological polar surface area (TPSA) is 70.5 Å². The van der Waals surface area contributed by atoms with Crippen molar-refractivity contribution >= 4 is 5.70 Å². The first kappa shape index (κ1) is 23.3. The Morgan fingerprint density at radius 1 is 1.20 bits per heavy atom. The molecule has 8 heteroatoms. The summed E-state index contributed by atoms with van der Waals surface area (Å²) in [5.74, 6) is 5.82. The number of nitrogens with one attached hydrogen (secondary N) is 1. The predicted molar refractivity (Wildman–Crippen MR) is 116 cm³/mol. The number of benzene rings is 1. The summed E-state index contributed by atoms with van der Waals surface area (Å²) in [6.45, 7) is 11.1. The molecule has 1 heterocycles. The molecule has 0 spiro atoms. The van der Waals surface area contributed by atoms with Gasteiger partial charge in [-0.1, -0.05) is 37.4 Å². The summed E-state index contributed by atoms with van der Waals surface area (Å²) in [6, 6.07) is 5.00. The summed E-state index contributed by atoms with van der Waals surface area (Å²) < 4.78 is 39.8. The van der Waals surface area contributed by atoms with E-state index in [1.165, 1.54) is 12.3 Å². The minimum Gasteiger partial charge on any atom is -0.405 e. The third kappa shape index (κ3) is 5.55. The molecular formula is C22H28F3N5. The Morgan fingerprint density at radius 3 is 2.40 bits per heavy atom. The molecule has 162 valence electrons. The number of allylic oxidation sites excluding steroid dienone is 4. The van der Waals surface area contributed by atoms with Crippen LogP contribution in [0.15, 0.2) is 78.7 Å². The van der Waals surface area contributed by atoms with Crippen LogP contribution >= 0.6 is 0 Å². The van der Waals surface area contributed by atoms with Gasteiger partial charge in [0.1, 0.15) is 0 Å². The lowest BCUT2D eigenvalue weighted by Crippen LogP contribution is -2.44. The molecule has 5 nitrogen and oxygen atoms in total. The zero-order valence-corrected chi connectivity index (χ0v) is 17.0. The summed E-state index contributed by atoms with van der Waals surface area (Å²) in [6.07, 6.45) is 1.81. The highest BCUT2D eigenvalue weighted by Gasteiger charge is 2.31. The van der Waals surface area contributed by atoms with Gasteiger partial charge in [0, 0.05) is 43.0 Å². The van der Waals surface area contributed by atoms with E-state index in [9.17, 15) is 13.2 Å². The van der Waals surface area contributed by atoms with Crippen LogP contribution < -0.4 is 17.0 Å². The molecule has 0 aromatic heterocycles. The lowest BCUT2D eigenvalue weighted by Gasteiger charge is -2.36. The Bertz CT molecular complexity index is 860. The van der Waals surface area contributed by atoms with Gasteiger partial charge in [0.2, 0.25) is 0 Å². The number of hydrazine groups is 1. The van der Waals surface area contributed by atoms with Crippen molar-refractivity contribution in [1.82, 2.24) is 15.2 Å². The van der Waals surface area contributed by atoms with Gasteiger partial charge in [-0.2, -0.15) is 13.2 Å². The van der Waals surface area contributed by atoms with Crippen molar-refractivity contribution in [3.63, 3.8) is 0 Å². The van der Waals surface area contributed by atoms with Crippen molar-refractivity contribution < 1.29 is 13.2 Å². The highest BCUT2D eigenvalue weighted by Crippen LogP contribution is 2.34. The highest BCUT2D eigenvalue weighted by atomic mass is 19.4. The maximum atomic E-state index is 13.3. The molecule has 0 bridgehead atoms. The van der Waals surface area contributed by atoms with Gasteiger partial charge in [-0.15, -0.1) is 0 Å². The van der Waals surface area contributed by atoms with Gasteiger partial charge in [-0.3, -0.25) is 5.84 Å². The summed E-state index contributed by atoms with van der Waals surface area (Å²) in [5, 5.41) is 0. The summed E-state index contributed by atoms with van der Waals surface area (Å²) >= 11 is 0. The van der Waals surface area contributed by atoms with Gasteiger partial charge in [0.05, 0.1) is 11.3 Å². The van der Waals surface area contributed by atoms with Crippen molar-refractivity contribution in [1.29, 1.82) is 0 Å². The molecule has 0 amide bonds. The number of piperazine rings is 1. The van der Waals surface area contributed by atoms with E-state index < -0.39 is 11.7 Å². The number of rotatable bonds is 7. The normalized spacial score (nSPS) is 17.1. The van der Waals surface area contributed by atoms with Crippen molar-refractivity contribution in [2.45, 2.75) is 6.18 Å². The number of halogens is 3. The first-order chi connectivity index (χ1) is 14.2. The van der Waals surface area contributed by atoms with E-state index in [4.69, 9.17) is 11.6 Å². The standard InChI is InChI=1S/C22H28F3N5/c1-4-6-17(9-10-26)20(16(2)30-13-11-29(3)12-14-30)21(28-27)18-7-5-8-19(15-18)22(23,24)25/h4-10,15,28H,1-2,11-14,26-27H2,3H3/b10-9-,17-6+,21-20+. The summed E-state index contributed by atoms with van der Waals surface area (Å²) in [4.78, 5) is 4.28. The average Bonchev–Trinajstić information content (AvgIpc) is 2.71. The van der Waals surface area contributed by atoms with Crippen LogP contribution in [0.25, 0.3) is 5.70 Å². The minimum atomic E-state index is -4.47. The number of hydrogen-bond acceptors (Lipinski definition) is 5. The van der Waals surface area contributed by atoms with Crippen molar-refractivity contribution in [2.75, 3.05) is 33.2 Å². The van der Waals surface area contributed by atoms with Crippen molar-refractivity contribution in [3.8, 4) is 0 Å². The van der Waals surface area contributed by atoms with E-state index in [1.54, 1.807) is 24.3 Å². The second-order valence-electron chi connectivity index (χ2n) is 6.93. The SMILES string of the molecule is C=C/C=C(\C=C/N)C(/C(=C)N1CCN(C)CC1)=C(/NN)c1cccc(C(F)(F)F)c1. The van der Waals surface area contributed by atoms with E-state index in [2.05, 4.69) is 28.4 Å². The Morgan fingerprint density at radius 2 is 1.87 bits per heavy atom. The Kier molecular flexibility index (Phi) is 7.91. The molecule has 0 atom stereocenters. The Labute approximate surface area is 175 Å². The van der Waals surface area contributed by atoms with E-state index in [0.717, 1.165) is 38.3 Å². The fraction of sp³-hybridized carbons (Fsp3) is 0.273. The number of nitrogens with two attached hydrogens (primary N) is 2. The van der Waals surface area contributed by atoms with Gasteiger partial charge in [0.25, 0.3) is 0 Å². The van der Waals surface area contributed by atoms with Gasteiger partial charge in [0.15, 0.2) is 0 Å². The van der Waals surface area contributed by atoms with Crippen LogP contribution in [0, 0.1) is 0 Å². The first-order valence-electron chi connectivity index (χ1n) is 9.45. The Balaban J connectivity index is 2.68. The van der Waals surface area contributed by atoms with Crippen molar-refractivity contribution in [2.24, 2.45) is 11.6 Å². The van der Waals surface area contributed by atoms with Crippen LogP contribution in [0.4, 0.5) is 13.2 Å². The fourth-order valence-electron chi connectivity index (χ4n) is 3.29. The zero-order valence-electron chi connectivity index (χ0n) is 17.0. The number of alkyl halides is 3. The molecular weight excluding hydrogens is 391 g/mol. The van der Waals surface area contributed by atoms with E-state index in [-0.39, 0.29) is 5.56 Å². The lowest BCUT2D eigenvalue weighted by atomic mass is 9.94. The van der Waals surface area contributed by atoms with E-state index >= 15 is 0 Å². The smallest absolute Gasteiger partial charge is 0.405 e. The molecule has 1 aliphatic heterocycles. The van der Waals surface area contributed by atoms with Crippen LogP contribution in [-0.2, 0) is 6.18 Å². The first-order valence-corrected chi connectivity index (χ1v) is 9.45. The van der Waals surface area contributed by atoms with Crippen LogP contribution in [-0.4, -0.2) is 43.0 Å². The summed E-state index contributed by atoms with van der Waals surface area (Å²) in [5.41, 5.74) is 9.88. The van der Waals surface area contributed by atoms with E-state index in [1.807, 2.05) is 7.05 Å². The minimum absolute atomic E-state index is 0.290. The molecule has 30 heavy (non-hydrogen) atoms. The second-order valence-corrected chi connectivity index (χ2v) is 6.93. The fourth-order valence-corrected chi connectivity index (χ4v) is 3.29. The number of nitrogens with zero attached hydrogens (tertiary/aromatic N) is 2. The summed E-state index contributed by atoms with van der Waals surface area (Å²) in [7, 11) is 2.03. The molecule has 1 aliphatic rings. The highest BCUT2D eigenvalue weighted by molar-refractivity contribution is 5.77. The number of hydrogen-bond donors (Lipinski definition) is 3. The molecule has 0 aliphatic carbocycles.